The normalized spacial score (nSPS) is 17.2. The van der Waals surface area contributed by atoms with Gasteiger partial charge in [-0.25, -0.2) is 4.79 Å². The van der Waals surface area contributed by atoms with E-state index < -0.39 is 77.4 Å². The number of rotatable bonds is 33. The summed E-state index contributed by atoms with van der Waals surface area (Å²) in [6.45, 7) is 13.7. The first kappa shape index (κ1) is 64.2. The van der Waals surface area contributed by atoms with E-state index in [-0.39, 0.29) is 94.0 Å². The first-order valence-electron chi connectivity index (χ1n) is 27.2. The third-order valence-corrected chi connectivity index (χ3v) is 14.7. The number of aryl methyl sites for hydroxylation is 1. The number of aliphatic carboxylic acids is 1. The molecule has 8 atom stereocenters. The summed E-state index contributed by atoms with van der Waals surface area (Å²) in [4.78, 5) is 122. The molecule has 78 heavy (non-hydrogen) atoms. The van der Waals surface area contributed by atoms with Crippen LogP contribution in [-0.4, -0.2) is 176 Å². The number of hydrogen-bond acceptors (Lipinski definition) is 13. The second-order valence-electron chi connectivity index (χ2n) is 21.2. The summed E-state index contributed by atoms with van der Waals surface area (Å²) in [6.07, 6.45) is 1.51. The van der Waals surface area contributed by atoms with Crippen LogP contribution in [0, 0.1) is 17.8 Å². The number of β-lactam (4-membered cyclic amide) rings is 1. The number of likely N-dealkylation sites (tertiary alicyclic amines) is 2. The number of benzene rings is 2. The summed E-state index contributed by atoms with van der Waals surface area (Å²) >= 11 is 0. The molecule has 8 unspecified atom stereocenters. The second kappa shape index (κ2) is 31.3. The Kier molecular flexibility index (Phi) is 25.8. The van der Waals surface area contributed by atoms with Crippen LogP contribution in [0.15, 0.2) is 54.6 Å². The molecule has 0 radical (unpaired) electrons. The summed E-state index contributed by atoms with van der Waals surface area (Å²) in [5.41, 5.74) is 0.846. The van der Waals surface area contributed by atoms with E-state index in [1.165, 1.54) is 37.9 Å². The number of methoxy groups -OCH3 is 2. The molecule has 0 bridgehead atoms. The van der Waals surface area contributed by atoms with Crippen molar-refractivity contribution in [3.8, 4) is 0 Å². The van der Waals surface area contributed by atoms with Gasteiger partial charge in [0.05, 0.1) is 69.5 Å². The van der Waals surface area contributed by atoms with E-state index in [1.54, 1.807) is 69.1 Å². The molecule has 2 heterocycles. The van der Waals surface area contributed by atoms with Crippen molar-refractivity contribution in [1.82, 2.24) is 30.7 Å². The van der Waals surface area contributed by atoms with Gasteiger partial charge in [0.25, 0.3) is 0 Å². The van der Waals surface area contributed by atoms with Crippen molar-refractivity contribution in [2.24, 2.45) is 17.8 Å². The molecule has 4 rings (SSSR count). The van der Waals surface area contributed by atoms with Crippen molar-refractivity contribution in [2.45, 2.75) is 155 Å². The minimum atomic E-state index is -1.42. The zero-order valence-electron chi connectivity index (χ0n) is 47.3. The highest BCUT2D eigenvalue weighted by atomic mass is 16.5. The summed E-state index contributed by atoms with van der Waals surface area (Å²) < 4.78 is 23.0. The van der Waals surface area contributed by atoms with Gasteiger partial charge in [0.15, 0.2) is 0 Å². The zero-order chi connectivity index (χ0) is 57.7. The summed E-state index contributed by atoms with van der Waals surface area (Å²) in [7, 11) is 4.59. The number of amides is 8. The van der Waals surface area contributed by atoms with Gasteiger partial charge in [-0.3, -0.25) is 43.3 Å². The van der Waals surface area contributed by atoms with Gasteiger partial charge >= 0.3 is 5.97 Å². The Morgan fingerprint density at radius 1 is 0.795 bits per heavy atom. The number of carboxylic acids is 1. The molecular weight excluding hydrogens is 1010 g/mol. The lowest BCUT2D eigenvalue weighted by Gasteiger charge is -2.41. The van der Waals surface area contributed by atoms with E-state index >= 15 is 0 Å². The number of nitrogens with one attached hydrogen (secondary N) is 4. The lowest BCUT2D eigenvalue weighted by Crippen LogP contribution is -2.62. The van der Waals surface area contributed by atoms with Crippen LogP contribution in [0.1, 0.15) is 111 Å². The number of hydrogen-bond donors (Lipinski definition) is 5. The van der Waals surface area contributed by atoms with Crippen LogP contribution >= 0.6 is 0 Å². The molecule has 21 nitrogen and oxygen atoms in total. The maximum absolute atomic E-state index is 14.5. The van der Waals surface area contributed by atoms with Crippen LogP contribution in [0.4, 0.5) is 5.69 Å². The van der Waals surface area contributed by atoms with Crippen molar-refractivity contribution in [2.75, 3.05) is 66.1 Å². The minimum Gasteiger partial charge on any atom is -0.480 e. The summed E-state index contributed by atoms with van der Waals surface area (Å²) in [5, 5.41) is 21.0. The molecule has 2 saturated heterocycles. The van der Waals surface area contributed by atoms with Gasteiger partial charge in [-0.1, -0.05) is 83.5 Å². The first-order valence-corrected chi connectivity index (χ1v) is 27.2. The molecule has 2 aromatic carbocycles. The number of likely N-dealkylation sites (N-methyl/N-ethyl adjacent to an activating group) is 1. The Balaban J connectivity index is 1.23. The van der Waals surface area contributed by atoms with E-state index in [4.69, 9.17) is 18.9 Å². The van der Waals surface area contributed by atoms with Gasteiger partial charge in [-0.2, -0.15) is 0 Å². The molecule has 0 saturated carbocycles. The predicted molar refractivity (Wildman–Crippen MR) is 290 cm³/mol. The Bertz CT molecular complexity index is 2330. The molecule has 0 spiro atoms. The van der Waals surface area contributed by atoms with Crippen molar-refractivity contribution >= 4 is 58.9 Å². The highest BCUT2D eigenvalue weighted by Gasteiger charge is 2.44. The molecule has 2 fully saturated rings. The van der Waals surface area contributed by atoms with Gasteiger partial charge in [0.2, 0.25) is 47.3 Å². The maximum atomic E-state index is 14.5. The van der Waals surface area contributed by atoms with Gasteiger partial charge in [0.1, 0.15) is 17.6 Å². The largest absolute Gasteiger partial charge is 0.480 e. The SMILES string of the molecule is CCC(C)C(C(CC(=O)N1CCCC1C(OC)C(C)C(=O)NC(Cc1ccccc1)C(=O)O)OC)N(C)C(=O)C(NC(=O)C(C)(C)NC(=O)CCOCCOCCC(=O)Nc1ccc(CCC(=O)N2CCC2=O)cc1)C(C)C. The van der Waals surface area contributed by atoms with Crippen LogP contribution in [0.25, 0.3) is 0 Å². The topological polar surface area (TPSA) is 269 Å². The van der Waals surface area contributed by atoms with E-state index in [1.807, 2.05) is 32.0 Å². The zero-order valence-corrected chi connectivity index (χ0v) is 47.3. The number of carbonyl (C=O) groups is 9. The van der Waals surface area contributed by atoms with E-state index in [0.29, 0.717) is 50.9 Å². The number of carbonyl (C=O) groups excluding carboxylic acids is 8. The Morgan fingerprint density at radius 2 is 1.44 bits per heavy atom. The standard InChI is InChI=1S/C57H85N7O14/c1-11-37(4)51(44(75-9)35-49(69)63-28-15-18-43(63)52(76-10)38(5)53(70)59-42(55(72)73)34-40-16-13-12-14-17-40)62(8)54(71)50(36(2)3)60-56(74)57(6,7)61-46(66)27-31-78-33-32-77-30-26-45(65)58-41-22-19-39(20-23-41)21-24-47(67)64-29-25-48(64)68/h12-14,16-17,19-20,22-23,36-38,42-44,50-52H,11,15,18,21,24-35H2,1-10H3,(H,58,65)(H,59,70)(H,60,74)(H,61,66)(H,72,73). The highest BCUT2D eigenvalue weighted by Crippen LogP contribution is 2.30. The van der Waals surface area contributed by atoms with Gasteiger partial charge in [-0.15, -0.1) is 0 Å². The van der Waals surface area contributed by atoms with Crippen LogP contribution in [-0.2, 0) is 74.9 Å². The predicted octanol–water partition coefficient (Wildman–Crippen LogP) is 3.90. The quantitative estimate of drug-likeness (QED) is 0.0502. The van der Waals surface area contributed by atoms with Crippen LogP contribution in [0.3, 0.4) is 0 Å². The van der Waals surface area contributed by atoms with Gasteiger partial charge < -0.3 is 55.1 Å². The van der Waals surface area contributed by atoms with Crippen molar-refractivity contribution in [3.63, 3.8) is 0 Å². The van der Waals surface area contributed by atoms with Crippen molar-refractivity contribution in [1.29, 1.82) is 0 Å². The number of nitrogens with zero attached hydrogens (tertiary/aromatic N) is 3. The molecule has 432 valence electrons. The number of imide groups is 1. The maximum Gasteiger partial charge on any atom is 0.326 e. The lowest BCUT2D eigenvalue weighted by atomic mass is 9.89. The highest BCUT2D eigenvalue weighted by molar-refractivity contribution is 5.99. The summed E-state index contributed by atoms with van der Waals surface area (Å²) in [6, 6.07) is 12.9. The Morgan fingerprint density at radius 3 is 1.99 bits per heavy atom. The molecule has 8 amide bonds. The van der Waals surface area contributed by atoms with E-state index in [0.717, 1.165) is 11.1 Å². The Hall–Kier alpha value is -6.29. The smallest absolute Gasteiger partial charge is 0.326 e. The third kappa shape index (κ3) is 19.0. The minimum absolute atomic E-state index is 0.0399. The first-order chi connectivity index (χ1) is 37.0. The lowest BCUT2D eigenvalue weighted by molar-refractivity contribution is -0.152. The molecule has 2 aliphatic rings. The number of anilines is 1. The molecule has 0 aliphatic carbocycles. The number of carboxylic acid groups (broad SMARTS) is 1. The average Bonchev–Trinajstić information content (AvgIpc) is 3.91. The van der Waals surface area contributed by atoms with Crippen molar-refractivity contribution < 1.29 is 67.2 Å². The van der Waals surface area contributed by atoms with Crippen molar-refractivity contribution in [3.05, 3.63) is 65.7 Å². The number of ether oxygens (including phenoxy) is 4. The van der Waals surface area contributed by atoms with E-state index in [2.05, 4.69) is 21.3 Å². The Labute approximate surface area is 459 Å². The summed E-state index contributed by atoms with van der Waals surface area (Å²) in [5.74, 6) is -5.28. The fourth-order valence-electron chi connectivity index (χ4n) is 9.78. The van der Waals surface area contributed by atoms with Gasteiger partial charge in [-0.05, 0) is 68.2 Å². The van der Waals surface area contributed by atoms with Crippen LogP contribution in [0.2, 0.25) is 0 Å². The monoisotopic (exact) mass is 1090 g/mol. The fourth-order valence-corrected chi connectivity index (χ4v) is 9.78. The molecule has 0 aromatic heterocycles. The molecule has 2 aliphatic heterocycles. The van der Waals surface area contributed by atoms with Crippen LogP contribution in [0.5, 0.6) is 0 Å². The third-order valence-electron chi connectivity index (χ3n) is 14.7. The average molecular weight is 1090 g/mol. The second-order valence-corrected chi connectivity index (χ2v) is 21.2. The van der Waals surface area contributed by atoms with E-state index in [9.17, 15) is 48.3 Å². The fraction of sp³-hybridized carbons (Fsp3) is 0.632. The van der Waals surface area contributed by atoms with Gasteiger partial charge in [0, 0.05) is 65.7 Å². The molecule has 2 aromatic rings. The molecule has 5 N–H and O–H groups in total. The molecular formula is C57H85N7O14. The molecule has 21 heteroatoms. The van der Waals surface area contributed by atoms with Crippen LogP contribution < -0.4 is 21.3 Å².